The number of nitrogens with one attached hydrogen (secondary N) is 1. The van der Waals surface area contributed by atoms with Crippen LogP contribution in [-0.4, -0.2) is 15.9 Å². The van der Waals surface area contributed by atoms with Crippen LogP contribution in [-0.2, 0) is 0 Å². The highest BCUT2D eigenvalue weighted by Gasteiger charge is 2.16. The Hall–Kier alpha value is -1.99. The normalized spacial score (nSPS) is 10.9. The van der Waals surface area contributed by atoms with Crippen molar-refractivity contribution in [2.75, 3.05) is 11.1 Å². The molecule has 5 nitrogen and oxygen atoms in total. The number of aromatic nitrogens is 2. The highest BCUT2D eigenvalue weighted by Crippen LogP contribution is 2.28. The third kappa shape index (κ3) is 2.37. The van der Waals surface area contributed by atoms with E-state index in [1.807, 2.05) is 19.1 Å². The number of benzene rings is 1. The van der Waals surface area contributed by atoms with Gasteiger partial charge in [0, 0.05) is 0 Å². The number of nitrogens with two attached hydrogens (primary N) is 1. The van der Waals surface area contributed by atoms with Crippen molar-refractivity contribution in [2.45, 2.75) is 13.8 Å². The molecule has 0 fully saturated rings. The summed E-state index contributed by atoms with van der Waals surface area (Å²) in [7, 11) is 0. The summed E-state index contributed by atoms with van der Waals surface area (Å²) in [4.78, 5) is 21.1. The zero-order valence-electron chi connectivity index (χ0n) is 10.9. The number of thiazole rings is 2. The van der Waals surface area contributed by atoms with Gasteiger partial charge < -0.3 is 5.73 Å². The quantitative estimate of drug-likeness (QED) is 0.762. The summed E-state index contributed by atoms with van der Waals surface area (Å²) in [6.45, 7) is 3.80. The van der Waals surface area contributed by atoms with Gasteiger partial charge in [-0.1, -0.05) is 28.7 Å². The smallest absolute Gasteiger partial charge is 0.269 e. The Morgan fingerprint density at radius 3 is 2.75 bits per heavy atom. The first-order valence-corrected chi connectivity index (χ1v) is 7.57. The first-order valence-electron chi connectivity index (χ1n) is 5.94. The van der Waals surface area contributed by atoms with Crippen LogP contribution in [0.4, 0.5) is 10.3 Å². The largest absolute Gasteiger partial charge is 0.375 e. The van der Waals surface area contributed by atoms with Gasteiger partial charge in [0.2, 0.25) is 0 Å². The minimum atomic E-state index is -0.215. The van der Waals surface area contributed by atoms with Gasteiger partial charge in [0.15, 0.2) is 10.3 Å². The minimum Gasteiger partial charge on any atom is -0.375 e. The molecule has 0 aliphatic heterocycles. The van der Waals surface area contributed by atoms with E-state index in [1.165, 1.54) is 28.2 Å². The molecule has 1 amide bonds. The molecule has 3 aromatic rings. The Kier molecular flexibility index (Phi) is 3.15. The van der Waals surface area contributed by atoms with E-state index in [4.69, 9.17) is 5.73 Å². The predicted octanol–water partition coefficient (Wildman–Crippen LogP) is 3.20. The molecule has 0 aliphatic rings. The van der Waals surface area contributed by atoms with Gasteiger partial charge in [-0.3, -0.25) is 10.1 Å². The van der Waals surface area contributed by atoms with Crippen molar-refractivity contribution >= 4 is 49.1 Å². The second kappa shape index (κ2) is 4.84. The van der Waals surface area contributed by atoms with Crippen molar-refractivity contribution in [3.05, 3.63) is 34.3 Å². The molecule has 1 aromatic carbocycles. The Morgan fingerprint density at radius 2 is 2.05 bits per heavy atom. The van der Waals surface area contributed by atoms with E-state index in [2.05, 4.69) is 21.4 Å². The number of nitrogen functional groups attached to an aromatic ring is 1. The summed E-state index contributed by atoms with van der Waals surface area (Å²) < 4.78 is 1.06. The molecule has 0 saturated carbocycles. The zero-order valence-corrected chi connectivity index (χ0v) is 12.6. The molecule has 3 N–H and O–H groups in total. The Balaban J connectivity index is 1.89. The molecule has 0 saturated heterocycles. The van der Waals surface area contributed by atoms with Gasteiger partial charge in [-0.2, -0.15) is 0 Å². The lowest BCUT2D eigenvalue weighted by Gasteiger charge is -1.98. The average molecular weight is 304 g/mol. The van der Waals surface area contributed by atoms with Crippen molar-refractivity contribution in [1.29, 1.82) is 0 Å². The SMILES string of the molecule is Cc1ccc2nc(NC(=O)c3sc(N)nc3C)sc2c1. The zero-order chi connectivity index (χ0) is 14.3. The maximum atomic E-state index is 12.2. The van der Waals surface area contributed by atoms with Crippen molar-refractivity contribution in [3.63, 3.8) is 0 Å². The van der Waals surface area contributed by atoms with E-state index in [1.54, 1.807) is 6.92 Å². The molecule has 0 aliphatic carbocycles. The molecule has 2 aromatic heterocycles. The lowest BCUT2D eigenvalue weighted by molar-refractivity contribution is 0.103. The molecule has 7 heteroatoms. The molecule has 102 valence electrons. The number of fused-ring (bicyclic) bond motifs is 1. The minimum absolute atomic E-state index is 0.215. The van der Waals surface area contributed by atoms with Gasteiger partial charge in [-0.05, 0) is 31.5 Å². The molecule has 0 spiro atoms. The van der Waals surface area contributed by atoms with Crippen LogP contribution in [0.2, 0.25) is 0 Å². The maximum Gasteiger partial charge on any atom is 0.269 e. The fourth-order valence-corrected chi connectivity index (χ4v) is 3.56. The van der Waals surface area contributed by atoms with Crippen LogP contribution < -0.4 is 11.1 Å². The van der Waals surface area contributed by atoms with E-state index in [0.717, 1.165) is 10.2 Å². The molecule has 0 unspecified atom stereocenters. The van der Waals surface area contributed by atoms with E-state index in [-0.39, 0.29) is 5.91 Å². The fraction of sp³-hybridized carbons (Fsp3) is 0.154. The Morgan fingerprint density at radius 1 is 1.25 bits per heavy atom. The number of hydrogen-bond acceptors (Lipinski definition) is 6. The Bertz CT molecular complexity index is 806. The predicted molar refractivity (Wildman–Crippen MR) is 83.6 cm³/mol. The van der Waals surface area contributed by atoms with Crippen LogP contribution in [0, 0.1) is 13.8 Å². The lowest BCUT2D eigenvalue weighted by atomic mass is 10.2. The standard InChI is InChI=1S/C13H12N4OS2/c1-6-3-4-8-9(5-6)19-13(16-8)17-11(18)10-7(2)15-12(14)20-10/h3-5H,1-2H3,(H2,14,15)(H,16,17,18). The first kappa shape index (κ1) is 13.0. The number of amides is 1. The van der Waals surface area contributed by atoms with Crippen LogP contribution in [0.1, 0.15) is 20.9 Å². The lowest BCUT2D eigenvalue weighted by Crippen LogP contribution is -2.11. The molecule has 0 atom stereocenters. The molecule has 20 heavy (non-hydrogen) atoms. The summed E-state index contributed by atoms with van der Waals surface area (Å²) in [6.07, 6.45) is 0. The van der Waals surface area contributed by atoms with Gasteiger partial charge in [0.05, 0.1) is 15.9 Å². The molecular formula is C13H12N4OS2. The van der Waals surface area contributed by atoms with E-state index >= 15 is 0 Å². The average Bonchev–Trinajstić information content (AvgIpc) is 2.91. The molecule has 0 bridgehead atoms. The monoisotopic (exact) mass is 304 g/mol. The highest BCUT2D eigenvalue weighted by molar-refractivity contribution is 7.22. The summed E-state index contributed by atoms with van der Waals surface area (Å²) in [5, 5.41) is 3.79. The summed E-state index contributed by atoms with van der Waals surface area (Å²) >= 11 is 2.64. The van der Waals surface area contributed by atoms with Crippen LogP contribution in [0.5, 0.6) is 0 Å². The van der Waals surface area contributed by atoms with Gasteiger partial charge >= 0.3 is 0 Å². The van der Waals surface area contributed by atoms with Gasteiger partial charge in [0.25, 0.3) is 5.91 Å². The molecule has 2 heterocycles. The summed E-state index contributed by atoms with van der Waals surface area (Å²) in [5.41, 5.74) is 8.30. The number of nitrogens with zero attached hydrogens (tertiary/aromatic N) is 2. The van der Waals surface area contributed by atoms with Crippen LogP contribution >= 0.6 is 22.7 Å². The van der Waals surface area contributed by atoms with Crippen molar-refractivity contribution in [1.82, 2.24) is 9.97 Å². The van der Waals surface area contributed by atoms with Gasteiger partial charge in [-0.15, -0.1) is 0 Å². The second-order valence-electron chi connectivity index (χ2n) is 4.41. The second-order valence-corrected chi connectivity index (χ2v) is 6.47. The molecule has 3 rings (SSSR count). The number of carbonyl (C=O) groups excluding carboxylic acids is 1. The van der Waals surface area contributed by atoms with Crippen LogP contribution in [0.25, 0.3) is 10.2 Å². The summed E-state index contributed by atoms with van der Waals surface area (Å²) in [5.74, 6) is -0.215. The molecular weight excluding hydrogens is 292 g/mol. The molecule has 0 radical (unpaired) electrons. The summed E-state index contributed by atoms with van der Waals surface area (Å²) in [6, 6.07) is 6.01. The van der Waals surface area contributed by atoms with Crippen molar-refractivity contribution in [2.24, 2.45) is 0 Å². The van der Waals surface area contributed by atoms with E-state index < -0.39 is 0 Å². The fourth-order valence-electron chi connectivity index (χ4n) is 1.87. The number of aryl methyl sites for hydroxylation is 2. The van der Waals surface area contributed by atoms with Crippen molar-refractivity contribution < 1.29 is 4.79 Å². The third-order valence-corrected chi connectivity index (χ3v) is 4.70. The van der Waals surface area contributed by atoms with E-state index in [0.29, 0.717) is 20.8 Å². The van der Waals surface area contributed by atoms with Crippen molar-refractivity contribution in [3.8, 4) is 0 Å². The topological polar surface area (TPSA) is 80.9 Å². The third-order valence-electron chi connectivity index (χ3n) is 2.78. The van der Waals surface area contributed by atoms with Crippen LogP contribution in [0.3, 0.4) is 0 Å². The highest BCUT2D eigenvalue weighted by atomic mass is 32.1. The number of anilines is 2. The Labute approximate surface area is 123 Å². The van der Waals surface area contributed by atoms with Gasteiger partial charge in [-0.25, -0.2) is 9.97 Å². The van der Waals surface area contributed by atoms with E-state index in [9.17, 15) is 4.79 Å². The number of rotatable bonds is 2. The number of carbonyl (C=O) groups is 1. The van der Waals surface area contributed by atoms with Crippen LogP contribution in [0.15, 0.2) is 18.2 Å². The number of hydrogen-bond donors (Lipinski definition) is 2. The first-order chi connectivity index (χ1) is 9.52. The maximum absolute atomic E-state index is 12.2. The van der Waals surface area contributed by atoms with Gasteiger partial charge in [0.1, 0.15) is 4.88 Å².